The number of likely N-dealkylation sites (tertiary alicyclic amines) is 1. The molecule has 2 atom stereocenters. The number of halogens is 3. The first-order valence-electron chi connectivity index (χ1n) is 4.60. The van der Waals surface area contributed by atoms with Crippen molar-refractivity contribution in [2.24, 2.45) is 5.92 Å². The molecular formula is C8H10F3NO3. The summed E-state index contributed by atoms with van der Waals surface area (Å²) in [6.07, 6.45) is -5.25. The molecule has 1 heterocycles. The van der Waals surface area contributed by atoms with E-state index in [-0.39, 0.29) is 25.3 Å². The Bertz CT molecular complexity index is 293. The van der Waals surface area contributed by atoms with Crippen molar-refractivity contribution in [2.45, 2.75) is 31.3 Å². The molecule has 1 N–H and O–H groups in total. The summed E-state index contributed by atoms with van der Waals surface area (Å²) in [4.78, 5) is 11.5. The molecular weight excluding hydrogens is 215 g/mol. The van der Waals surface area contributed by atoms with Crippen molar-refractivity contribution in [1.82, 2.24) is 4.90 Å². The van der Waals surface area contributed by atoms with Crippen LogP contribution in [0.25, 0.3) is 0 Å². The molecule has 1 saturated heterocycles. The Balaban J connectivity index is 2.20. The van der Waals surface area contributed by atoms with Crippen molar-refractivity contribution in [2.75, 3.05) is 6.54 Å². The van der Waals surface area contributed by atoms with E-state index in [1.54, 1.807) is 0 Å². The Labute approximate surface area is 83.6 Å². The van der Waals surface area contributed by atoms with Crippen molar-refractivity contribution in [1.29, 1.82) is 0 Å². The lowest BCUT2D eigenvalue weighted by atomic mass is 10.1. The van der Waals surface area contributed by atoms with Gasteiger partial charge in [-0.05, 0) is 18.8 Å². The maximum absolute atomic E-state index is 12.2. The third kappa shape index (κ3) is 1.75. The molecule has 0 spiro atoms. The molecule has 4 nitrogen and oxygen atoms in total. The summed E-state index contributed by atoms with van der Waals surface area (Å²) < 4.78 is 40.5. The van der Waals surface area contributed by atoms with E-state index in [1.165, 1.54) is 0 Å². The predicted octanol–water partition coefficient (Wildman–Crippen LogP) is 2.01. The second kappa shape index (κ2) is 3.01. The molecule has 2 bridgehead atoms. The monoisotopic (exact) mass is 225 g/mol. The zero-order valence-corrected chi connectivity index (χ0v) is 7.75. The predicted molar refractivity (Wildman–Crippen MR) is 41.9 cm³/mol. The molecule has 2 aliphatic rings. The smallest absolute Gasteiger partial charge is 0.465 e. The Morgan fingerprint density at radius 3 is 2.67 bits per heavy atom. The van der Waals surface area contributed by atoms with Crippen LogP contribution >= 0.6 is 0 Å². The first-order valence-corrected chi connectivity index (χ1v) is 4.60. The van der Waals surface area contributed by atoms with Crippen molar-refractivity contribution >= 4 is 6.09 Å². The maximum atomic E-state index is 12.2. The minimum atomic E-state index is -4.78. The number of carboxylic acid groups (broad SMARTS) is 1. The van der Waals surface area contributed by atoms with Gasteiger partial charge in [-0.15, -0.1) is 13.2 Å². The highest BCUT2D eigenvalue weighted by Gasteiger charge is 2.58. The minimum Gasteiger partial charge on any atom is -0.465 e. The molecule has 0 aromatic carbocycles. The van der Waals surface area contributed by atoms with Crippen molar-refractivity contribution in [3.63, 3.8) is 0 Å². The molecule has 7 heteroatoms. The fourth-order valence-corrected chi connectivity index (χ4v) is 2.53. The first kappa shape index (κ1) is 10.5. The van der Waals surface area contributed by atoms with Crippen LogP contribution in [0.1, 0.15) is 19.3 Å². The molecule has 0 aromatic heterocycles. The molecule has 0 radical (unpaired) electrons. The SMILES string of the molecule is O=C(O)N1CC2CCC1(OC(F)(F)F)C2. The van der Waals surface area contributed by atoms with Gasteiger partial charge in [0.25, 0.3) is 0 Å². The van der Waals surface area contributed by atoms with Crippen molar-refractivity contribution < 1.29 is 27.8 Å². The van der Waals surface area contributed by atoms with Crippen molar-refractivity contribution in [3.05, 3.63) is 0 Å². The molecule has 2 fully saturated rings. The summed E-state index contributed by atoms with van der Waals surface area (Å²) in [6, 6.07) is 0. The van der Waals surface area contributed by atoms with E-state index < -0.39 is 18.2 Å². The van der Waals surface area contributed by atoms with Crippen molar-refractivity contribution in [3.8, 4) is 0 Å². The number of rotatable bonds is 1. The van der Waals surface area contributed by atoms with E-state index in [9.17, 15) is 18.0 Å². The largest absolute Gasteiger partial charge is 0.524 e. The van der Waals surface area contributed by atoms with Gasteiger partial charge < -0.3 is 5.11 Å². The second-order valence-corrected chi connectivity index (χ2v) is 4.00. The Hall–Kier alpha value is -0.980. The highest BCUT2D eigenvalue weighted by Crippen LogP contribution is 2.49. The van der Waals surface area contributed by atoms with Crippen LogP contribution in [0.2, 0.25) is 0 Å². The fourth-order valence-electron chi connectivity index (χ4n) is 2.53. The summed E-state index contributed by atoms with van der Waals surface area (Å²) >= 11 is 0. The Morgan fingerprint density at radius 2 is 2.20 bits per heavy atom. The number of hydrogen-bond donors (Lipinski definition) is 1. The number of alkyl halides is 3. The molecule has 1 aliphatic carbocycles. The van der Waals surface area contributed by atoms with Crippen LogP contribution in [0, 0.1) is 5.92 Å². The lowest BCUT2D eigenvalue weighted by Crippen LogP contribution is -2.51. The lowest BCUT2D eigenvalue weighted by Gasteiger charge is -2.36. The lowest BCUT2D eigenvalue weighted by molar-refractivity contribution is -0.382. The molecule has 1 amide bonds. The third-order valence-corrected chi connectivity index (χ3v) is 3.02. The number of amides is 1. The van der Waals surface area contributed by atoms with Crippen LogP contribution in [0.4, 0.5) is 18.0 Å². The number of fused-ring (bicyclic) bond motifs is 2. The van der Waals surface area contributed by atoms with Crippen LogP contribution in [0.5, 0.6) is 0 Å². The zero-order chi connectivity index (χ0) is 11.3. The molecule has 0 aromatic rings. The van der Waals surface area contributed by atoms with E-state index in [0.717, 1.165) is 4.90 Å². The standard InChI is InChI=1S/C8H10F3NO3/c9-8(10,11)15-7-2-1-5(3-7)4-12(7)6(13)14/h5H,1-4H2,(H,13,14). The quantitative estimate of drug-likeness (QED) is 0.742. The number of ether oxygens (including phenoxy) is 1. The minimum absolute atomic E-state index is 0.00319. The molecule has 1 aliphatic heterocycles. The van der Waals surface area contributed by atoms with Gasteiger partial charge in [-0.2, -0.15) is 0 Å². The average molecular weight is 225 g/mol. The van der Waals surface area contributed by atoms with Gasteiger partial charge in [0.15, 0.2) is 5.72 Å². The summed E-state index contributed by atoms with van der Waals surface area (Å²) in [5.74, 6) is 0.00319. The van der Waals surface area contributed by atoms with Crippen LogP contribution in [0.15, 0.2) is 0 Å². The molecule has 1 saturated carbocycles. The summed E-state index contributed by atoms with van der Waals surface area (Å²) in [6.45, 7) is 0.144. The highest BCUT2D eigenvalue weighted by molar-refractivity contribution is 5.66. The van der Waals surface area contributed by atoms with E-state index >= 15 is 0 Å². The van der Waals surface area contributed by atoms with E-state index in [1.807, 2.05) is 0 Å². The fraction of sp³-hybridized carbons (Fsp3) is 0.875. The van der Waals surface area contributed by atoms with Crippen LogP contribution in [-0.2, 0) is 4.74 Å². The van der Waals surface area contributed by atoms with E-state index in [0.29, 0.717) is 6.42 Å². The highest BCUT2D eigenvalue weighted by atomic mass is 19.4. The number of nitrogens with zero attached hydrogens (tertiary/aromatic N) is 1. The normalized spacial score (nSPS) is 34.9. The Kier molecular flexibility index (Phi) is 2.11. The number of hydrogen-bond acceptors (Lipinski definition) is 2. The van der Waals surface area contributed by atoms with Crippen LogP contribution in [-0.4, -0.2) is 34.7 Å². The van der Waals surface area contributed by atoms with Gasteiger partial charge in [-0.1, -0.05) is 0 Å². The van der Waals surface area contributed by atoms with Gasteiger partial charge in [-0.25, -0.2) is 4.79 Å². The number of carbonyl (C=O) groups is 1. The maximum Gasteiger partial charge on any atom is 0.524 e. The van der Waals surface area contributed by atoms with Gasteiger partial charge in [0.05, 0.1) is 0 Å². The third-order valence-electron chi connectivity index (χ3n) is 3.02. The summed E-state index contributed by atoms with van der Waals surface area (Å²) in [5.41, 5.74) is -1.66. The molecule has 2 rings (SSSR count). The zero-order valence-electron chi connectivity index (χ0n) is 7.75. The summed E-state index contributed by atoms with van der Waals surface area (Å²) in [5, 5.41) is 8.78. The summed E-state index contributed by atoms with van der Waals surface area (Å²) in [7, 11) is 0. The number of piperidine rings is 1. The topological polar surface area (TPSA) is 49.8 Å². The van der Waals surface area contributed by atoms with Gasteiger partial charge in [0, 0.05) is 13.0 Å². The molecule has 2 unspecified atom stereocenters. The second-order valence-electron chi connectivity index (χ2n) is 4.00. The average Bonchev–Trinajstić information content (AvgIpc) is 2.55. The molecule has 86 valence electrons. The van der Waals surface area contributed by atoms with Gasteiger partial charge in [0.2, 0.25) is 0 Å². The Morgan fingerprint density at radius 1 is 1.53 bits per heavy atom. The van der Waals surface area contributed by atoms with Gasteiger partial charge in [0.1, 0.15) is 0 Å². The first-order chi connectivity index (χ1) is 6.82. The van der Waals surface area contributed by atoms with E-state index in [2.05, 4.69) is 4.74 Å². The van der Waals surface area contributed by atoms with Crippen LogP contribution < -0.4 is 0 Å². The van der Waals surface area contributed by atoms with Crippen LogP contribution in [0.3, 0.4) is 0 Å². The van der Waals surface area contributed by atoms with Gasteiger partial charge in [-0.3, -0.25) is 9.64 Å². The molecule has 15 heavy (non-hydrogen) atoms. The van der Waals surface area contributed by atoms with E-state index in [4.69, 9.17) is 5.11 Å². The van der Waals surface area contributed by atoms with Gasteiger partial charge >= 0.3 is 12.5 Å².